The predicted molar refractivity (Wildman–Crippen MR) is 98.9 cm³/mol. The zero-order valence-electron chi connectivity index (χ0n) is 13.8. The van der Waals surface area contributed by atoms with Gasteiger partial charge >= 0.3 is 0 Å². The Balaban J connectivity index is 1.42. The Hall–Kier alpha value is -2.54. The molecule has 128 valence electrons. The van der Waals surface area contributed by atoms with Crippen LogP contribution in [0.2, 0.25) is 0 Å². The van der Waals surface area contributed by atoms with Crippen molar-refractivity contribution >= 4 is 33.3 Å². The van der Waals surface area contributed by atoms with Gasteiger partial charge in [0.05, 0.1) is 16.8 Å². The molecule has 4 rings (SSSR count). The molecule has 6 nitrogen and oxygen atoms in total. The molecular weight excluding hydrogens is 334 g/mol. The van der Waals surface area contributed by atoms with E-state index in [1.807, 2.05) is 30.3 Å². The molecule has 0 radical (unpaired) electrons. The second-order valence-electron chi connectivity index (χ2n) is 6.05. The summed E-state index contributed by atoms with van der Waals surface area (Å²) in [6, 6.07) is 9.68. The second-order valence-corrected chi connectivity index (χ2v) is 7.08. The van der Waals surface area contributed by atoms with Gasteiger partial charge in [-0.15, -0.1) is 11.3 Å². The first-order chi connectivity index (χ1) is 12.3. The van der Waals surface area contributed by atoms with E-state index in [0.29, 0.717) is 17.4 Å². The van der Waals surface area contributed by atoms with Gasteiger partial charge in [-0.3, -0.25) is 4.79 Å². The molecule has 25 heavy (non-hydrogen) atoms. The minimum absolute atomic E-state index is 0.187. The molecule has 1 N–H and O–H groups in total. The third-order valence-corrected chi connectivity index (χ3v) is 5.30. The van der Waals surface area contributed by atoms with Crippen molar-refractivity contribution < 1.29 is 4.79 Å². The number of amides is 1. The summed E-state index contributed by atoms with van der Waals surface area (Å²) in [6.45, 7) is 2.37. The van der Waals surface area contributed by atoms with Crippen molar-refractivity contribution in [3.63, 3.8) is 0 Å². The largest absolute Gasteiger partial charge is 0.357 e. The van der Waals surface area contributed by atoms with Gasteiger partial charge in [-0.05, 0) is 37.5 Å². The second kappa shape index (κ2) is 7.14. The first-order valence-corrected chi connectivity index (χ1v) is 9.32. The van der Waals surface area contributed by atoms with E-state index < -0.39 is 0 Å². The first-order valence-electron chi connectivity index (χ1n) is 8.50. The summed E-state index contributed by atoms with van der Waals surface area (Å²) in [7, 11) is 0. The van der Waals surface area contributed by atoms with Crippen LogP contribution >= 0.6 is 11.3 Å². The number of carbonyl (C=O) groups excluding carboxylic acids is 1. The Morgan fingerprint density at radius 2 is 1.96 bits per heavy atom. The molecule has 0 bridgehead atoms. The summed E-state index contributed by atoms with van der Waals surface area (Å²) in [6.07, 6.45) is 5.45. The van der Waals surface area contributed by atoms with Crippen LogP contribution in [0.5, 0.6) is 0 Å². The number of rotatable bonds is 4. The summed E-state index contributed by atoms with van der Waals surface area (Å²) in [5.41, 5.74) is 0.848. The maximum Gasteiger partial charge on any atom is 0.280 e. The highest BCUT2D eigenvalue weighted by atomic mass is 32.1. The monoisotopic (exact) mass is 353 g/mol. The minimum atomic E-state index is -0.187. The SMILES string of the molecule is O=C(NCc1nccc(N2CCCCC2)n1)c1nc2ccccc2s1. The van der Waals surface area contributed by atoms with E-state index in [-0.39, 0.29) is 5.91 Å². The van der Waals surface area contributed by atoms with Crippen LogP contribution in [0.15, 0.2) is 36.5 Å². The normalized spacial score (nSPS) is 14.6. The molecule has 7 heteroatoms. The number of nitrogens with one attached hydrogen (secondary N) is 1. The third-order valence-electron chi connectivity index (χ3n) is 4.27. The fourth-order valence-corrected chi connectivity index (χ4v) is 3.86. The van der Waals surface area contributed by atoms with Crippen molar-refractivity contribution in [3.05, 3.63) is 47.4 Å². The average Bonchev–Trinajstić information content (AvgIpc) is 3.11. The van der Waals surface area contributed by atoms with Gasteiger partial charge in [-0.25, -0.2) is 15.0 Å². The fraction of sp³-hybridized carbons (Fsp3) is 0.333. The number of para-hydroxylation sites is 1. The van der Waals surface area contributed by atoms with Crippen LogP contribution in [0.25, 0.3) is 10.2 Å². The summed E-state index contributed by atoms with van der Waals surface area (Å²) in [5, 5.41) is 3.34. The molecule has 0 atom stereocenters. The molecule has 0 saturated carbocycles. The van der Waals surface area contributed by atoms with Crippen LogP contribution in [0.4, 0.5) is 5.82 Å². The Bertz CT molecular complexity index is 855. The fourth-order valence-electron chi connectivity index (χ4n) is 2.98. The van der Waals surface area contributed by atoms with Crippen LogP contribution in [-0.4, -0.2) is 33.9 Å². The minimum Gasteiger partial charge on any atom is -0.357 e. The number of carbonyl (C=O) groups is 1. The number of thiazole rings is 1. The summed E-state index contributed by atoms with van der Waals surface area (Å²) < 4.78 is 1.01. The van der Waals surface area contributed by atoms with Crippen molar-refractivity contribution in [2.45, 2.75) is 25.8 Å². The van der Waals surface area contributed by atoms with E-state index in [9.17, 15) is 4.79 Å². The Morgan fingerprint density at radius 3 is 2.80 bits per heavy atom. The first kappa shape index (κ1) is 16.0. The lowest BCUT2D eigenvalue weighted by Crippen LogP contribution is -2.31. The van der Waals surface area contributed by atoms with Gasteiger partial charge in [0.2, 0.25) is 0 Å². The molecule has 0 aliphatic carbocycles. The average molecular weight is 353 g/mol. The smallest absolute Gasteiger partial charge is 0.280 e. The van der Waals surface area contributed by atoms with Gasteiger partial charge in [-0.2, -0.15) is 0 Å². The summed E-state index contributed by atoms with van der Waals surface area (Å²) >= 11 is 1.39. The molecule has 1 aromatic carbocycles. The quantitative estimate of drug-likeness (QED) is 0.781. The molecule has 0 unspecified atom stereocenters. The van der Waals surface area contributed by atoms with Gasteiger partial charge in [0.1, 0.15) is 11.6 Å². The number of fused-ring (bicyclic) bond motifs is 1. The van der Waals surface area contributed by atoms with E-state index in [2.05, 4.69) is 25.2 Å². The van der Waals surface area contributed by atoms with Crippen molar-refractivity contribution in [3.8, 4) is 0 Å². The summed E-state index contributed by atoms with van der Waals surface area (Å²) in [5.74, 6) is 1.38. The zero-order valence-corrected chi connectivity index (χ0v) is 14.6. The van der Waals surface area contributed by atoms with Crippen molar-refractivity contribution in [2.75, 3.05) is 18.0 Å². The van der Waals surface area contributed by atoms with E-state index in [0.717, 1.165) is 29.1 Å². The van der Waals surface area contributed by atoms with Crippen molar-refractivity contribution in [1.29, 1.82) is 0 Å². The predicted octanol–water partition coefficient (Wildman–Crippen LogP) is 3.01. The van der Waals surface area contributed by atoms with Crippen LogP contribution in [0.3, 0.4) is 0 Å². The maximum atomic E-state index is 12.3. The van der Waals surface area contributed by atoms with Crippen LogP contribution in [0.1, 0.15) is 34.9 Å². The number of anilines is 1. The molecule has 2 aromatic heterocycles. The Kier molecular flexibility index (Phi) is 4.56. The maximum absolute atomic E-state index is 12.3. The van der Waals surface area contributed by atoms with Crippen molar-refractivity contribution in [1.82, 2.24) is 20.3 Å². The van der Waals surface area contributed by atoms with Gasteiger partial charge in [0, 0.05) is 19.3 Å². The standard InChI is InChI=1S/C18H19N5OS/c24-17(18-21-13-6-2-3-7-14(13)25-18)20-12-15-19-9-8-16(22-15)23-10-4-1-5-11-23/h2-3,6-9H,1,4-5,10-12H2,(H,20,24). The van der Waals surface area contributed by atoms with Crippen LogP contribution in [0, 0.1) is 0 Å². The van der Waals surface area contributed by atoms with Gasteiger partial charge in [-0.1, -0.05) is 12.1 Å². The van der Waals surface area contributed by atoms with E-state index in [1.165, 1.54) is 30.6 Å². The molecular formula is C18H19N5OS. The lowest BCUT2D eigenvalue weighted by atomic mass is 10.1. The highest BCUT2D eigenvalue weighted by molar-refractivity contribution is 7.20. The molecule has 1 saturated heterocycles. The van der Waals surface area contributed by atoms with Gasteiger partial charge < -0.3 is 10.2 Å². The lowest BCUT2D eigenvalue weighted by molar-refractivity contribution is 0.0949. The highest BCUT2D eigenvalue weighted by Gasteiger charge is 2.14. The molecule has 3 aromatic rings. The van der Waals surface area contributed by atoms with Crippen LogP contribution < -0.4 is 10.2 Å². The van der Waals surface area contributed by atoms with Crippen molar-refractivity contribution in [2.24, 2.45) is 0 Å². The van der Waals surface area contributed by atoms with E-state index >= 15 is 0 Å². The number of hydrogen-bond acceptors (Lipinski definition) is 6. The Labute approximate surface area is 149 Å². The third kappa shape index (κ3) is 3.61. The number of hydrogen-bond donors (Lipinski definition) is 1. The van der Waals surface area contributed by atoms with E-state index in [4.69, 9.17) is 0 Å². The molecule has 1 aliphatic rings. The molecule has 0 spiro atoms. The molecule has 1 amide bonds. The lowest BCUT2D eigenvalue weighted by Gasteiger charge is -2.27. The number of piperidine rings is 1. The highest BCUT2D eigenvalue weighted by Crippen LogP contribution is 2.21. The topological polar surface area (TPSA) is 71.0 Å². The van der Waals surface area contributed by atoms with Gasteiger partial charge in [0.25, 0.3) is 5.91 Å². The number of aromatic nitrogens is 3. The van der Waals surface area contributed by atoms with Crippen LogP contribution in [-0.2, 0) is 6.54 Å². The zero-order chi connectivity index (χ0) is 17.1. The Morgan fingerprint density at radius 1 is 1.12 bits per heavy atom. The van der Waals surface area contributed by atoms with E-state index in [1.54, 1.807) is 6.20 Å². The van der Waals surface area contributed by atoms with Gasteiger partial charge in [0.15, 0.2) is 5.01 Å². The summed E-state index contributed by atoms with van der Waals surface area (Å²) in [4.78, 5) is 27.9. The molecule has 3 heterocycles. The number of benzene rings is 1. The molecule has 1 aliphatic heterocycles. The number of nitrogens with zero attached hydrogens (tertiary/aromatic N) is 4. The molecule has 1 fully saturated rings.